The van der Waals surface area contributed by atoms with E-state index in [-0.39, 0.29) is 11.7 Å². The second kappa shape index (κ2) is 8.62. The van der Waals surface area contributed by atoms with Crippen molar-refractivity contribution in [1.82, 2.24) is 20.1 Å². The molecule has 0 saturated heterocycles. The quantitative estimate of drug-likeness (QED) is 0.512. The zero-order valence-electron chi connectivity index (χ0n) is 14.4. The van der Waals surface area contributed by atoms with Crippen LogP contribution in [0.15, 0.2) is 59.8 Å². The van der Waals surface area contributed by atoms with Crippen LogP contribution in [0.4, 0.5) is 4.39 Å². The molecule has 26 heavy (non-hydrogen) atoms. The van der Waals surface area contributed by atoms with Crippen molar-refractivity contribution < 1.29 is 9.18 Å². The van der Waals surface area contributed by atoms with Crippen LogP contribution in [0.1, 0.15) is 12.5 Å². The van der Waals surface area contributed by atoms with E-state index in [0.717, 1.165) is 16.3 Å². The number of nitrogens with zero attached hydrogens (tertiary/aromatic N) is 3. The van der Waals surface area contributed by atoms with Crippen LogP contribution in [0, 0.1) is 5.82 Å². The molecule has 1 aromatic heterocycles. The maximum Gasteiger partial charge on any atom is 0.216 e. The van der Waals surface area contributed by atoms with Gasteiger partial charge in [0.2, 0.25) is 5.91 Å². The minimum Gasteiger partial charge on any atom is -0.356 e. The van der Waals surface area contributed by atoms with E-state index in [4.69, 9.17) is 0 Å². The van der Waals surface area contributed by atoms with Crippen LogP contribution in [0.25, 0.3) is 11.4 Å². The Bertz CT molecular complexity index is 865. The molecule has 5 nitrogen and oxygen atoms in total. The van der Waals surface area contributed by atoms with Crippen LogP contribution >= 0.6 is 11.8 Å². The molecule has 1 amide bonds. The first-order valence-electron chi connectivity index (χ1n) is 8.24. The lowest BCUT2D eigenvalue weighted by molar-refractivity contribution is -0.118. The van der Waals surface area contributed by atoms with Crippen molar-refractivity contribution in [2.75, 3.05) is 12.3 Å². The summed E-state index contributed by atoms with van der Waals surface area (Å²) in [5.41, 5.74) is 1.93. The maximum absolute atomic E-state index is 13.2. The summed E-state index contributed by atoms with van der Waals surface area (Å²) in [7, 11) is 0. The molecule has 0 aliphatic rings. The number of thioether (sulfide) groups is 1. The first kappa shape index (κ1) is 18.1. The predicted molar refractivity (Wildman–Crippen MR) is 100 cm³/mol. The number of amides is 1. The Labute approximate surface area is 155 Å². The van der Waals surface area contributed by atoms with Gasteiger partial charge in [-0.05, 0) is 29.8 Å². The molecule has 1 N–H and O–H groups in total. The Kier molecular flexibility index (Phi) is 6.01. The number of rotatable bonds is 7. The Balaban J connectivity index is 1.86. The average Bonchev–Trinajstić information content (AvgIpc) is 3.03. The molecule has 0 bridgehead atoms. The summed E-state index contributed by atoms with van der Waals surface area (Å²) in [5.74, 6) is 1.04. The number of benzene rings is 2. The van der Waals surface area contributed by atoms with Crippen molar-refractivity contribution >= 4 is 17.7 Å². The van der Waals surface area contributed by atoms with Crippen molar-refractivity contribution in [1.29, 1.82) is 0 Å². The van der Waals surface area contributed by atoms with E-state index >= 15 is 0 Å². The van der Waals surface area contributed by atoms with Crippen molar-refractivity contribution in [2.24, 2.45) is 0 Å². The summed E-state index contributed by atoms with van der Waals surface area (Å²) in [4.78, 5) is 11.0. The number of carbonyl (C=O) groups excluding carboxylic acids is 1. The molecular formula is C19H19FN4OS. The molecule has 134 valence electrons. The van der Waals surface area contributed by atoms with Crippen LogP contribution in [-0.2, 0) is 11.3 Å². The zero-order valence-corrected chi connectivity index (χ0v) is 15.2. The van der Waals surface area contributed by atoms with Gasteiger partial charge in [0.05, 0.1) is 6.54 Å². The Morgan fingerprint density at radius 2 is 1.85 bits per heavy atom. The largest absolute Gasteiger partial charge is 0.356 e. The van der Waals surface area contributed by atoms with E-state index in [0.29, 0.717) is 24.7 Å². The van der Waals surface area contributed by atoms with Gasteiger partial charge in [0.1, 0.15) is 5.82 Å². The van der Waals surface area contributed by atoms with Gasteiger partial charge in [-0.3, -0.25) is 9.36 Å². The fourth-order valence-electron chi connectivity index (χ4n) is 2.49. The summed E-state index contributed by atoms with van der Waals surface area (Å²) in [6.45, 7) is 2.67. The fourth-order valence-corrected chi connectivity index (χ4v) is 3.28. The van der Waals surface area contributed by atoms with Gasteiger partial charge in [0.15, 0.2) is 11.0 Å². The fraction of sp³-hybridized carbons (Fsp3) is 0.211. The molecule has 7 heteroatoms. The van der Waals surface area contributed by atoms with Gasteiger partial charge in [-0.2, -0.15) is 0 Å². The Morgan fingerprint density at radius 1 is 1.12 bits per heavy atom. The van der Waals surface area contributed by atoms with Gasteiger partial charge >= 0.3 is 0 Å². The van der Waals surface area contributed by atoms with E-state index in [1.165, 1.54) is 30.8 Å². The molecular weight excluding hydrogens is 351 g/mol. The van der Waals surface area contributed by atoms with E-state index in [2.05, 4.69) is 15.5 Å². The summed E-state index contributed by atoms with van der Waals surface area (Å²) in [5, 5.41) is 12.1. The summed E-state index contributed by atoms with van der Waals surface area (Å²) < 4.78 is 15.3. The summed E-state index contributed by atoms with van der Waals surface area (Å²) in [6, 6.07) is 16.3. The maximum atomic E-state index is 13.2. The summed E-state index contributed by atoms with van der Waals surface area (Å²) in [6.07, 6.45) is 0. The first-order chi connectivity index (χ1) is 12.6. The van der Waals surface area contributed by atoms with Gasteiger partial charge in [0.25, 0.3) is 0 Å². The van der Waals surface area contributed by atoms with Crippen LogP contribution in [-0.4, -0.2) is 33.0 Å². The first-order valence-corrected chi connectivity index (χ1v) is 9.22. The lowest BCUT2D eigenvalue weighted by Gasteiger charge is -2.10. The van der Waals surface area contributed by atoms with E-state index in [1.54, 1.807) is 12.1 Å². The van der Waals surface area contributed by atoms with E-state index < -0.39 is 0 Å². The average molecular weight is 370 g/mol. The van der Waals surface area contributed by atoms with Crippen LogP contribution in [0.2, 0.25) is 0 Å². The van der Waals surface area contributed by atoms with Crippen LogP contribution in [0.5, 0.6) is 0 Å². The lowest BCUT2D eigenvalue weighted by Crippen LogP contribution is -2.22. The Hall–Kier alpha value is -2.67. The second-order valence-corrected chi connectivity index (χ2v) is 6.78. The second-order valence-electron chi connectivity index (χ2n) is 5.72. The third kappa shape index (κ3) is 4.70. The predicted octanol–water partition coefficient (Wildman–Crippen LogP) is 3.36. The molecule has 0 unspecified atom stereocenters. The molecule has 0 radical (unpaired) electrons. The zero-order chi connectivity index (χ0) is 18.4. The minimum atomic E-state index is -0.284. The molecule has 0 spiro atoms. The third-order valence-electron chi connectivity index (χ3n) is 3.71. The molecule has 0 saturated carbocycles. The standard InChI is InChI=1S/C19H19FN4OS/c1-14(25)21-11-12-26-19-23-22-18(16-7-9-17(20)10-8-16)24(19)13-15-5-3-2-4-6-15/h2-10H,11-13H2,1H3,(H,21,25). The summed E-state index contributed by atoms with van der Waals surface area (Å²) >= 11 is 1.53. The third-order valence-corrected chi connectivity index (χ3v) is 4.68. The monoisotopic (exact) mass is 370 g/mol. The smallest absolute Gasteiger partial charge is 0.216 e. The van der Waals surface area contributed by atoms with Gasteiger partial charge in [-0.1, -0.05) is 42.1 Å². The molecule has 0 fully saturated rings. The lowest BCUT2D eigenvalue weighted by atomic mass is 10.2. The highest BCUT2D eigenvalue weighted by Gasteiger charge is 2.15. The molecule has 0 atom stereocenters. The highest BCUT2D eigenvalue weighted by atomic mass is 32.2. The highest BCUT2D eigenvalue weighted by Crippen LogP contribution is 2.25. The topological polar surface area (TPSA) is 59.8 Å². The molecule has 2 aromatic carbocycles. The number of carbonyl (C=O) groups is 1. The SMILES string of the molecule is CC(=O)NCCSc1nnc(-c2ccc(F)cc2)n1Cc1ccccc1. The minimum absolute atomic E-state index is 0.0525. The number of halogens is 1. The van der Waals surface area contributed by atoms with Crippen molar-refractivity contribution in [3.63, 3.8) is 0 Å². The molecule has 0 aliphatic heterocycles. The number of aromatic nitrogens is 3. The Morgan fingerprint density at radius 3 is 2.54 bits per heavy atom. The molecule has 1 heterocycles. The van der Waals surface area contributed by atoms with E-state index in [9.17, 15) is 9.18 Å². The van der Waals surface area contributed by atoms with Gasteiger partial charge in [-0.25, -0.2) is 4.39 Å². The number of nitrogens with one attached hydrogen (secondary N) is 1. The number of hydrogen-bond donors (Lipinski definition) is 1. The van der Waals surface area contributed by atoms with E-state index in [1.807, 2.05) is 34.9 Å². The normalized spacial score (nSPS) is 10.7. The highest BCUT2D eigenvalue weighted by molar-refractivity contribution is 7.99. The molecule has 0 aliphatic carbocycles. The number of hydrogen-bond acceptors (Lipinski definition) is 4. The van der Waals surface area contributed by atoms with Gasteiger partial charge < -0.3 is 5.32 Å². The van der Waals surface area contributed by atoms with Crippen molar-refractivity contribution in [3.05, 3.63) is 66.0 Å². The van der Waals surface area contributed by atoms with Crippen LogP contribution < -0.4 is 5.32 Å². The molecule has 3 rings (SSSR count). The molecule has 3 aromatic rings. The van der Waals surface area contributed by atoms with Gasteiger partial charge in [0, 0.05) is 24.8 Å². The van der Waals surface area contributed by atoms with Crippen molar-refractivity contribution in [3.8, 4) is 11.4 Å². The van der Waals surface area contributed by atoms with Crippen molar-refractivity contribution in [2.45, 2.75) is 18.6 Å². The van der Waals surface area contributed by atoms with Crippen LogP contribution in [0.3, 0.4) is 0 Å². The van der Waals surface area contributed by atoms with Gasteiger partial charge in [-0.15, -0.1) is 10.2 Å².